The van der Waals surface area contributed by atoms with Crippen LogP contribution in [0, 0.1) is 10.1 Å². The summed E-state index contributed by atoms with van der Waals surface area (Å²) in [5.41, 5.74) is 5.59. The fraction of sp³-hybridized carbons (Fsp3) is 0.200. The van der Waals surface area contributed by atoms with E-state index in [1.807, 2.05) is 0 Å². The van der Waals surface area contributed by atoms with Crippen molar-refractivity contribution in [1.29, 1.82) is 0 Å². The van der Waals surface area contributed by atoms with Crippen molar-refractivity contribution in [2.75, 3.05) is 20.0 Å². The van der Waals surface area contributed by atoms with Gasteiger partial charge in [-0.1, -0.05) is 9.89 Å². The molecule has 0 saturated heterocycles. The third kappa shape index (κ3) is 2.86. The van der Waals surface area contributed by atoms with Crippen LogP contribution >= 0.6 is 0 Å². The van der Waals surface area contributed by atoms with Crippen LogP contribution in [0.5, 0.6) is 11.5 Å². The predicted octanol–water partition coefficient (Wildman–Crippen LogP) is 0.0629. The first-order chi connectivity index (χ1) is 10.1. The van der Waals surface area contributed by atoms with Crippen molar-refractivity contribution in [3.63, 3.8) is 0 Å². The van der Waals surface area contributed by atoms with Crippen LogP contribution in [0.1, 0.15) is 5.56 Å². The molecule has 0 aliphatic carbocycles. The van der Waals surface area contributed by atoms with Crippen LogP contribution < -0.4 is 15.2 Å². The normalized spacial score (nSPS) is 10.8. The molecular formula is C10H11N7O4. The van der Waals surface area contributed by atoms with Crippen molar-refractivity contribution in [3.05, 3.63) is 27.8 Å². The van der Waals surface area contributed by atoms with Gasteiger partial charge in [-0.3, -0.25) is 10.1 Å². The van der Waals surface area contributed by atoms with E-state index in [0.29, 0.717) is 5.56 Å². The molecule has 0 radical (unpaired) electrons. The lowest BCUT2D eigenvalue weighted by atomic mass is 10.2. The quantitative estimate of drug-likeness (QED) is 0.463. The highest BCUT2D eigenvalue weighted by atomic mass is 16.6. The minimum absolute atomic E-state index is 0.0128. The lowest BCUT2D eigenvalue weighted by Gasteiger charge is -2.08. The predicted molar refractivity (Wildman–Crippen MR) is 71.4 cm³/mol. The highest BCUT2D eigenvalue weighted by Crippen LogP contribution is 2.37. The molecule has 1 aromatic carbocycles. The molecule has 0 spiro atoms. The van der Waals surface area contributed by atoms with Crippen LogP contribution in [0.4, 0.5) is 11.6 Å². The zero-order chi connectivity index (χ0) is 15.4. The molecule has 1 heterocycles. The average Bonchev–Trinajstić information content (AvgIpc) is 2.89. The standard InChI is InChI=1S/C10H11N7O4/c1-20-8-4-6(3-7(17(18)19)9(8)21-2)5-12-16-10(11)13-14-15-16/h3-5H,1-2H3,(H2,11,13,15)/b12-5-. The van der Waals surface area contributed by atoms with Gasteiger partial charge < -0.3 is 15.2 Å². The maximum atomic E-state index is 11.1. The fourth-order valence-electron chi connectivity index (χ4n) is 1.57. The number of hydrogen-bond acceptors (Lipinski definition) is 9. The summed E-state index contributed by atoms with van der Waals surface area (Å²) in [7, 11) is 2.70. The van der Waals surface area contributed by atoms with Gasteiger partial charge >= 0.3 is 5.69 Å². The number of anilines is 1. The van der Waals surface area contributed by atoms with Gasteiger partial charge in [-0.2, -0.15) is 5.10 Å². The minimum atomic E-state index is -0.579. The van der Waals surface area contributed by atoms with Crippen LogP contribution in [0.15, 0.2) is 17.2 Å². The number of nitro groups is 1. The molecule has 110 valence electrons. The van der Waals surface area contributed by atoms with Crippen molar-refractivity contribution < 1.29 is 14.4 Å². The maximum Gasteiger partial charge on any atom is 0.315 e. The Labute approximate surface area is 118 Å². The third-order valence-corrected chi connectivity index (χ3v) is 2.47. The second kappa shape index (κ2) is 5.81. The Morgan fingerprint density at radius 2 is 2.19 bits per heavy atom. The van der Waals surface area contributed by atoms with Gasteiger partial charge in [0.25, 0.3) is 5.95 Å². The molecular weight excluding hydrogens is 282 g/mol. The van der Waals surface area contributed by atoms with Gasteiger partial charge in [0.2, 0.25) is 5.75 Å². The topological polar surface area (TPSA) is 144 Å². The lowest BCUT2D eigenvalue weighted by molar-refractivity contribution is -0.385. The summed E-state index contributed by atoms with van der Waals surface area (Å²) in [5.74, 6) is 0.223. The molecule has 0 saturated carbocycles. The van der Waals surface area contributed by atoms with Crippen LogP contribution in [0.2, 0.25) is 0 Å². The molecule has 2 aromatic rings. The van der Waals surface area contributed by atoms with E-state index in [9.17, 15) is 10.1 Å². The molecule has 21 heavy (non-hydrogen) atoms. The molecule has 0 fully saturated rings. The molecule has 0 unspecified atom stereocenters. The van der Waals surface area contributed by atoms with Crippen LogP contribution in [-0.4, -0.2) is 45.7 Å². The molecule has 0 aliphatic rings. The van der Waals surface area contributed by atoms with Crippen molar-refractivity contribution in [1.82, 2.24) is 20.3 Å². The number of rotatable bonds is 5. The van der Waals surface area contributed by atoms with Gasteiger partial charge in [-0.25, -0.2) is 0 Å². The Morgan fingerprint density at radius 3 is 2.71 bits per heavy atom. The first-order valence-corrected chi connectivity index (χ1v) is 5.55. The van der Waals surface area contributed by atoms with Gasteiger partial charge in [-0.05, 0) is 16.5 Å². The van der Waals surface area contributed by atoms with Crippen molar-refractivity contribution >= 4 is 17.9 Å². The van der Waals surface area contributed by atoms with Gasteiger partial charge in [0.15, 0.2) is 5.75 Å². The molecule has 0 aliphatic heterocycles. The number of nitrogen functional groups attached to an aromatic ring is 1. The number of methoxy groups -OCH3 is 2. The van der Waals surface area contributed by atoms with E-state index >= 15 is 0 Å². The van der Waals surface area contributed by atoms with E-state index in [4.69, 9.17) is 15.2 Å². The molecule has 11 nitrogen and oxygen atoms in total. The summed E-state index contributed by atoms with van der Waals surface area (Å²) in [6.07, 6.45) is 1.31. The first kappa shape index (κ1) is 14.2. The van der Waals surface area contributed by atoms with Crippen LogP contribution in [0.25, 0.3) is 0 Å². The number of hydrogen-bond donors (Lipinski definition) is 1. The fourth-order valence-corrected chi connectivity index (χ4v) is 1.57. The number of nitrogens with two attached hydrogens (primary N) is 1. The van der Waals surface area contributed by atoms with E-state index in [1.54, 1.807) is 0 Å². The van der Waals surface area contributed by atoms with E-state index in [-0.39, 0.29) is 23.1 Å². The van der Waals surface area contributed by atoms with Crippen molar-refractivity contribution in [2.24, 2.45) is 5.10 Å². The molecule has 1 aromatic heterocycles. The Balaban J connectivity index is 2.45. The summed E-state index contributed by atoms with van der Waals surface area (Å²) in [6, 6.07) is 2.81. The number of benzene rings is 1. The number of aromatic nitrogens is 4. The van der Waals surface area contributed by atoms with E-state index < -0.39 is 4.92 Å². The van der Waals surface area contributed by atoms with E-state index in [0.717, 1.165) is 4.79 Å². The van der Waals surface area contributed by atoms with Crippen molar-refractivity contribution in [3.8, 4) is 11.5 Å². The van der Waals surface area contributed by atoms with Gasteiger partial charge in [0, 0.05) is 11.6 Å². The molecule has 0 bridgehead atoms. The van der Waals surface area contributed by atoms with E-state index in [1.165, 1.54) is 32.6 Å². The number of nitrogens with zero attached hydrogens (tertiary/aromatic N) is 6. The number of nitro benzene ring substituents is 1. The average molecular weight is 293 g/mol. The summed E-state index contributed by atoms with van der Waals surface area (Å²) in [6.45, 7) is 0. The molecule has 11 heteroatoms. The van der Waals surface area contributed by atoms with Gasteiger partial charge in [0.05, 0.1) is 25.4 Å². The Hall–Kier alpha value is -3.24. The summed E-state index contributed by atoms with van der Waals surface area (Å²) < 4.78 is 10.0. The third-order valence-electron chi connectivity index (χ3n) is 2.47. The van der Waals surface area contributed by atoms with E-state index in [2.05, 4.69) is 20.6 Å². The molecule has 0 atom stereocenters. The highest BCUT2D eigenvalue weighted by Gasteiger charge is 2.21. The second-order valence-electron chi connectivity index (χ2n) is 3.70. The smallest absolute Gasteiger partial charge is 0.315 e. The lowest BCUT2D eigenvalue weighted by Crippen LogP contribution is -2.01. The highest BCUT2D eigenvalue weighted by molar-refractivity contribution is 5.83. The number of tetrazole rings is 1. The second-order valence-corrected chi connectivity index (χ2v) is 3.70. The summed E-state index contributed by atoms with van der Waals surface area (Å²) >= 11 is 0. The SMILES string of the molecule is COc1cc(/C=N\n2nnnc2N)cc([N+](=O)[O-])c1OC. The summed E-state index contributed by atoms with van der Waals surface area (Å²) in [5, 5.41) is 25.2. The minimum Gasteiger partial charge on any atom is -0.493 e. The zero-order valence-corrected chi connectivity index (χ0v) is 11.1. The Morgan fingerprint density at radius 1 is 1.43 bits per heavy atom. The molecule has 0 amide bonds. The van der Waals surface area contributed by atoms with Crippen LogP contribution in [0.3, 0.4) is 0 Å². The maximum absolute atomic E-state index is 11.1. The molecule has 2 rings (SSSR count). The van der Waals surface area contributed by atoms with Gasteiger partial charge in [0.1, 0.15) is 0 Å². The van der Waals surface area contributed by atoms with Crippen molar-refractivity contribution in [2.45, 2.75) is 0 Å². The monoisotopic (exact) mass is 293 g/mol. The number of ether oxygens (including phenoxy) is 2. The largest absolute Gasteiger partial charge is 0.493 e. The zero-order valence-electron chi connectivity index (χ0n) is 11.1. The van der Waals surface area contributed by atoms with Crippen LogP contribution in [-0.2, 0) is 0 Å². The first-order valence-electron chi connectivity index (χ1n) is 5.55. The van der Waals surface area contributed by atoms with Gasteiger partial charge in [-0.15, -0.1) is 0 Å². The molecule has 2 N–H and O–H groups in total. The Kier molecular flexibility index (Phi) is 3.92. The Bertz CT molecular complexity index is 697. The summed E-state index contributed by atoms with van der Waals surface area (Å²) in [4.78, 5) is 11.5.